The Bertz CT molecular complexity index is 5680. The number of ether oxygens (including phenoxy) is 1. The average molecular weight is 1390 g/mol. The van der Waals surface area contributed by atoms with Crippen LogP contribution < -0.4 is 9.30 Å². The quantitative estimate of drug-likeness (QED) is 0.0550. The maximum atomic E-state index is 9.65. The second-order valence-corrected chi connectivity index (χ2v) is 26.9. The second-order valence-electron chi connectivity index (χ2n) is 26.9. The first-order valence-electron chi connectivity index (χ1n) is 37.9. The van der Waals surface area contributed by atoms with E-state index < -0.39 is 54.4 Å². The molecule has 0 spiro atoms. The monoisotopic (exact) mass is 1390 g/mol. The molecule has 4 aromatic heterocycles. The van der Waals surface area contributed by atoms with Crippen LogP contribution >= 0.6 is 0 Å². The smallest absolute Gasteiger partial charge is 0.242 e. The van der Waals surface area contributed by atoms with E-state index in [4.69, 9.17) is 22.1 Å². The number of unbranched alkanes of at least 4 members (excludes halogenated alkanes) is 1. The van der Waals surface area contributed by atoms with Crippen molar-refractivity contribution in [3.63, 3.8) is 0 Å². The number of aromatic nitrogens is 5. The van der Waals surface area contributed by atoms with Crippen molar-refractivity contribution in [3.8, 4) is 50.9 Å². The Kier molecular flexibility index (Phi) is 13.1. The molecular formula is C85H79N5OPt-2. The molecule has 0 aliphatic rings. The molecule has 0 radical (unpaired) electrons. The molecule has 10 aromatic carbocycles. The van der Waals surface area contributed by atoms with Crippen molar-refractivity contribution in [3.05, 3.63) is 282 Å². The third-order valence-corrected chi connectivity index (χ3v) is 17.5. The third-order valence-electron chi connectivity index (χ3n) is 17.5. The molecule has 7 heteroatoms. The first kappa shape index (κ1) is 47.8. The summed E-state index contributed by atoms with van der Waals surface area (Å²) in [7, 11) is 0. The zero-order valence-corrected chi connectivity index (χ0v) is 55.6. The van der Waals surface area contributed by atoms with E-state index in [1.54, 1.807) is 18.3 Å². The molecule has 0 bridgehead atoms. The molecule has 0 fully saturated rings. The van der Waals surface area contributed by atoms with Crippen molar-refractivity contribution in [2.45, 2.75) is 124 Å². The van der Waals surface area contributed by atoms with E-state index in [1.807, 2.05) is 112 Å². The van der Waals surface area contributed by atoms with Gasteiger partial charge in [-0.3, -0.25) is 0 Å². The Balaban J connectivity index is 0.00000978. The first-order valence-corrected chi connectivity index (χ1v) is 31.4. The van der Waals surface area contributed by atoms with Crippen LogP contribution in [0, 0.1) is 18.5 Å². The van der Waals surface area contributed by atoms with Gasteiger partial charge in [0, 0.05) is 55.1 Å². The van der Waals surface area contributed by atoms with Crippen LogP contribution in [0.3, 0.4) is 0 Å². The molecule has 0 atom stereocenters. The predicted octanol–water partition coefficient (Wildman–Crippen LogP) is 21.1. The topological polar surface area (TPSA) is 40.8 Å². The summed E-state index contributed by atoms with van der Waals surface area (Å²) in [6.07, 6.45) is 9.82. The number of para-hydroxylation sites is 4. The van der Waals surface area contributed by atoms with E-state index in [-0.39, 0.29) is 106 Å². The maximum Gasteiger partial charge on any atom is 0.242 e. The molecule has 0 unspecified atom stereocenters. The fourth-order valence-corrected chi connectivity index (χ4v) is 12.7. The minimum Gasteiger partial charge on any atom is -0.510 e. The number of benzene rings is 10. The number of imidazole rings is 1. The zero-order valence-electron chi connectivity index (χ0n) is 66.3. The van der Waals surface area contributed by atoms with Crippen LogP contribution in [0.2, 0.25) is 0 Å². The van der Waals surface area contributed by atoms with Crippen molar-refractivity contribution in [1.29, 1.82) is 0 Å². The number of hydrogen-bond donors (Lipinski definition) is 0. The molecule has 0 saturated carbocycles. The van der Waals surface area contributed by atoms with Gasteiger partial charge in [0.05, 0.1) is 46.4 Å². The largest absolute Gasteiger partial charge is 0.510 e. The van der Waals surface area contributed by atoms with Crippen molar-refractivity contribution >= 4 is 54.6 Å². The Morgan fingerprint density at radius 2 is 1.18 bits per heavy atom. The summed E-state index contributed by atoms with van der Waals surface area (Å²) < 4.78 is 133. The molecule has 0 amide bonds. The minimum atomic E-state index is -0.550. The molecule has 0 saturated heterocycles. The van der Waals surface area contributed by atoms with Crippen LogP contribution in [-0.4, -0.2) is 18.7 Å². The Labute approximate surface area is 575 Å². The maximum absolute atomic E-state index is 9.65. The molecule has 462 valence electrons. The van der Waals surface area contributed by atoms with Gasteiger partial charge in [-0.05, 0) is 152 Å². The summed E-state index contributed by atoms with van der Waals surface area (Å²) in [4.78, 5) is 5.00. The van der Waals surface area contributed by atoms with Crippen molar-refractivity contribution in [2.24, 2.45) is 0 Å². The number of nitrogens with zero attached hydrogens (tertiary/aromatic N) is 5. The average Bonchev–Trinajstić information content (AvgIpc) is 1.53. The summed E-state index contributed by atoms with van der Waals surface area (Å²) >= 11 is 0. The Hall–Kier alpha value is -9.09. The summed E-state index contributed by atoms with van der Waals surface area (Å²) in [5, 5.41) is 1.09. The van der Waals surface area contributed by atoms with E-state index in [0.717, 1.165) is 58.1 Å². The number of hydrogen-bond acceptors (Lipinski definition) is 2. The van der Waals surface area contributed by atoms with Crippen LogP contribution in [0.1, 0.15) is 133 Å². The van der Waals surface area contributed by atoms with E-state index in [1.165, 1.54) is 21.3 Å². The van der Waals surface area contributed by atoms with Gasteiger partial charge in [0.15, 0.2) is 0 Å². The molecular weight excluding hydrogens is 1300 g/mol. The van der Waals surface area contributed by atoms with Gasteiger partial charge in [0.25, 0.3) is 0 Å². The summed E-state index contributed by atoms with van der Waals surface area (Å²) in [6.45, 7) is 20.4. The second kappa shape index (κ2) is 25.2. The van der Waals surface area contributed by atoms with Crippen LogP contribution in [0.25, 0.3) is 94.1 Å². The van der Waals surface area contributed by atoms with E-state index in [9.17, 15) is 5.48 Å². The molecule has 0 N–H and O–H groups in total. The van der Waals surface area contributed by atoms with Gasteiger partial charge in [-0.2, -0.15) is 12.1 Å². The number of pyridine rings is 1. The number of fused-ring (bicyclic) bond motifs is 7. The summed E-state index contributed by atoms with van der Waals surface area (Å²) in [6, 6.07) is 49.8. The van der Waals surface area contributed by atoms with E-state index >= 15 is 0 Å². The SMILES string of the molecule is [2H]c1c([2H])c([2H])c(-c2cccc(CCCc3cc(C(C)(C)C)cc(C(C)(C)C)c3)c2CCCC[n+]2[c-]n(-c3[c-]c(Oc4[c-]c5c(c(-n6c7c([2H])c([2H])c([2H])c([2H])c7c7c([2H])c([2H])c([2H])c([2H])c76)c4)c4cc(-c6ccccc6)ccc4n5-c4cc(C(C)(C)C)ccn4)ccc3)c3ccccc32)c([2H])c1[2H].[Pt]. The van der Waals surface area contributed by atoms with Gasteiger partial charge < -0.3 is 23.0 Å². The molecule has 92 heavy (non-hydrogen) atoms. The molecule has 14 aromatic rings. The zero-order chi connectivity index (χ0) is 73.9. The normalized spacial score (nSPS) is 14.2. The van der Waals surface area contributed by atoms with Gasteiger partial charge in [-0.25, -0.2) is 4.98 Å². The van der Waals surface area contributed by atoms with Gasteiger partial charge in [0.1, 0.15) is 5.82 Å². The Morgan fingerprint density at radius 3 is 1.91 bits per heavy atom. The minimum absolute atomic E-state index is 0. The van der Waals surface area contributed by atoms with Crippen LogP contribution in [0.15, 0.2) is 230 Å². The van der Waals surface area contributed by atoms with Crippen molar-refractivity contribution in [1.82, 2.24) is 18.7 Å². The van der Waals surface area contributed by atoms with Crippen LogP contribution in [0.4, 0.5) is 0 Å². The predicted molar refractivity (Wildman–Crippen MR) is 378 cm³/mol. The summed E-state index contributed by atoms with van der Waals surface area (Å²) in [5.74, 6) is 0.968. The third kappa shape index (κ3) is 12.2. The van der Waals surface area contributed by atoms with Gasteiger partial charge in [-0.1, -0.05) is 248 Å². The molecule has 0 aliphatic heterocycles. The van der Waals surface area contributed by atoms with Gasteiger partial charge >= 0.3 is 0 Å². The Morgan fingerprint density at radius 1 is 0.500 bits per heavy atom. The van der Waals surface area contributed by atoms with Crippen LogP contribution in [-0.2, 0) is 63.1 Å². The summed E-state index contributed by atoms with van der Waals surface area (Å²) in [5.41, 5.74) is 12.9. The fourth-order valence-electron chi connectivity index (χ4n) is 12.7. The van der Waals surface area contributed by atoms with E-state index in [2.05, 4.69) is 116 Å². The fraction of sp³-hybridized carbons (Fsp3) is 0.224. The molecule has 0 aliphatic carbocycles. The molecule has 4 heterocycles. The molecule has 14 rings (SSSR count). The number of rotatable bonds is 16. The van der Waals surface area contributed by atoms with Crippen molar-refractivity contribution in [2.75, 3.05) is 0 Å². The first-order chi connectivity index (χ1) is 49.4. The van der Waals surface area contributed by atoms with E-state index in [0.29, 0.717) is 64.7 Å². The van der Waals surface area contributed by atoms with Gasteiger partial charge in [-0.15, -0.1) is 24.3 Å². The van der Waals surface area contributed by atoms with Crippen LogP contribution in [0.5, 0.6) is 11.5 Å². The van der Waals surface area contributed by atoms with Crippen molar-refractivity contribution < 1.29 is 48.2 Å². The number of aryl methyl sites for hydroxylation is 3. The standard InChI is InChI=1S/C85H79N5O.Pt/c1-83(2,3)63-46-47-86-81(53-63)90-76-45-44-62(59-28-12-10-13-29-59)51-73(76)82-79(89-74-40-18-16-37-71(74)72-38-17-19-41-75(72)89)55-68(56-80(82)90)91-67-35-26-34-66(54-67)88-57-87(77-42-20-21-43-78(77)88)48-23-22-36-69-61(33-25-39-70(69)60-30-14-11-15-31-60)32-24-27-58-49-64(84(4,5)6)52-65(50-58)85(7,8)9;/h10-21,25-26,28-31,33-35,37-47,49-53,55H,22-24,27,32,36,48H2,1-9H3;/q-2;/i11D,14D,15D,16D,17D,18D,19D,30D,31D,37D,38D,40D,41D;. The van der Waals surface area contributed by atoms with Gasteiger partial charge in [0.2, 0.25) is 6.33 Å². The molecule has 6 nitrogen and oxygen atoms in total.